The standard InChI is InChI=1S/C20H24N2O3S/c1-21(2)10-11-22-19(24)15-7-5-6-14-17(26-13-4-3-12-23)9-8-16(18(14)15)20(22)25/h5-9,23H,3-4,10-13H2,1-2H3. The van der Waals surface area contributed by atoms with Crippen LogP contribution >= 0.6 is 11.8 Å². The van der Waals surface area contributed by atoms with Gasteiger partial charge >= 0.3 is 0 Å². The van der Waals surface area contributed by atoms with Crippen molar-refractivity contribution in [3.63, 3.8) is 0 Å². The molecule has 0 aromatic heterocycles. The summed E-state index contributed by atoms with van der Waals surface area (Å²) in [5.74, 6) is 0.477. The van der Waals surface area contributed by atoms with E-state index in [2.05, 4.69) is 0 Å². The molecule has 1 heterocycles. The number of aliphatic hydroxyl groups is 1. The molecule has 0 radical (unpaired) electrons. The predicted molar refractivity (Wildman–Crippen MR) is 105 cm³/mol. The molecule has 0 saturated carbocycles. The van der Waals surface area contributed by atoms with Crippen molar-refractivity contribution in [1.29, 1.82) is 0 Å². The van der Waals surface area contributed by atoms with Crippen LogP contribution < -0.4 is 0 Å². The summed E-state index contributed by atoms with van der Waals surface area (Å²) in [6.07, 6.45) is 1.71. The van der Waals surface area contributed by atoms with E-state index < -0.39 is 0 Å². The Morgan fingerprint density at radius 3 is 2.46 bits per heavy atom. The van der Waals surface area contributed by atoms with Crippen molar-refractivity contribution in [3.05, 3.63) is 41.5 Å². The van der Waals surface area contributed by atoms with Crippen molar-refractivity contribution >= 4 is 34.3 Å². The van der Waals surface area contributed by atoms with Crippen LogP contribution in [0, 0.1) is 0 Å². The fourth-order valence-electron chi connectivity index (χ4n) is 3.14. The van der Waals surface area contributed by atoms with E-state index in [0.717, 1.165) is 34.3 Å². The molecule has 1 aliphatic rings. The fourth-order valence-corrected chi connectivity index (χ4v) is 4.20. The Labute approximate surface area is 158 Å². The maximum absolute atomic E-state index is 12.9. The largest absolute Gasteiger partial charge is 0.396 e. The topological polar surface area (TPSA) is 60.9 Å². The van der Waals surface area contributed by atoms with E-state index in [1.807, 2.05) is 49.3 Å². The van der Waals surface area contributed by atoms with Gasteiger partial charge < -0.3 is 10.0 Å². The number of aliphatic hydroxyl groups excluding tert-OH is 1. The van der Waals surface area contributed by atoms with Crippen LogP contribution in [0.3, 0.4) is 0 Å². The molecular formula is C20H24N2O3S. The van der Waals surface area contributed by atoms with Gasteiger partial charge in [-0.05, 0) is 56.3 Å². The highest BCUT2D eigenvalue weighted by Crippen LogP contribution is 2.36. The summed E-state index contributed by atoms with van der Waals surface area (Å²) in [6, 6.07) is 9.49. The minimum absolute atomic E-state index is 0.205. The Morgan fingerprint density at radius 1 is 1.04 bits per heavy atom. The molecule has 6 heteroatoms. The number of imide groups is 1. The van der Waals surface area contributed by atoms with E-state index in [4.69, 9.17) is 5.11 Å². The maximum atomic E-state index is 12.9. The number of unbranched alkanes of at least 4 members (excludes halogenated alkanes) is 1. The Kier molecular flexibility index (Phi) is 5.96. The van der Waals surface area contributed by atoms with Gasteiger partial charge in [0.2, 0.25) is 0 Å². The smallest absolute Gasteiger partial charge is 0.261 e. The number of hydrogen-bond acceptors (Lipinski definition) is 5. The number of benzene rings is 2. The van der Waals surface area contributed by atoms with Gasteiger partial charge in [-0.25, -0.2) is 0 Å². The zero-order valence-electron chi connectivity index (χ0n) is 15.2. The van der Waals surface area contributed by atoms with E-state index in [9.17, 15) is 9.59 Å². The third-order valence-corrected chi connectivity index (χ3v) is 5.69. The summed E-state index contributed by atoms with van der Waals surface area (Å²) < 4.78 is 0. The summed E-state index contributed by atoms with van der Waals surface area (Å²) in [7, 11) is 3.85. The molecule has 5 nitrogen and oxygen atoms in total. The van der Waals surface area contributed by atoms with Gasteiger partial charge in [0.05, 0.1) is 0 Å². The average Bonchev–Trinajstić information content (AvgIpc) is 2.63. The molecule has 1 N–H and O–H groups in total. The lowest BCUT2D eigenvalue weighted by Gasteiger charge is -2.28. The van der Waals surface area contributed by atoms with Crippen molar-refractivity contribution < 1.29 is 14.7 Å². The first kappa shape index (κ1) is 18.9. The van der Waals surface area contributed by atoms with E-state index in [1.54, 1.807) is 11.8 Å². The van der Waals surface area contributed by atoms with Gasteiger partial charge in [0.25, 0.3) is 11.8 Å². The van der Waals surface area contributed by atoms with Crippen molar-refractivity contribution in [3.8, 4) is 0 Å². The first-order valence-electron chi connectivity index (χ1n) is 8.85. The van der Waals surface area contributed by atoms with Crippen LogP contribution in [0.5, 0.6) is 0 Å². The number of likely N-dealkylation sites (N-methyl/N-ethyl adjacent to an activating group) is 1. The SMILES string of the molecule is CN(C)CCN1C(=O)c2cccc3c(SCCCCO)ccc(c23)C1=O. The summed E-state index contributed by atoms with van der Waals surface area (Å²) in [5, 5.41) is 10.7. The molecular weight excluding hydrogens is 348 g/mol. The van der Waals surface area contributed by atoms with E-state index >= 15 is 0 Å². The molecule has 26 heavy (non-hydrogen) atoms. The van der Waals surface area contributed by atoms with Gasteiger partial charge in [0, 0.05) is 41.1 Å². The van der Waals surface area contributed by atoms with E-state index in [0.29, 0.717) is 24.2 Å². The molecule has 1 aliphatic heterocycles. The molecule has 0 unspecified atom stereocenters. The summed E-state index contributed by atoms with van der Waals surface area (Å²) in [5.41, 5.74) is 1.21. The van der Waals surface area contributed by atoms with Crippen LogP contribution in [0.25, 0.3) is 10.8 Å². The van der Waals surface area contributed by atoms with Gasteiger partial charge in [-0.2, -0.15) is 0 Å². The zero-order valence-corrected chi connectivity index (χ0v) is 16.0. The number of amides is 2. The van der Waals surface area contributed by atoms with Crippen LogP contribution in [-0.4, -0.2) is 66.3 Å². The lowest BCUT2D eigenvalue weighted by atomic mass is 9.94. The molecule has 0 fully saturated rings. The second-order valence-electron chi connectivity index (χ2n) is 6.68. The Bertz CT molecular complexity index is 813. The molecule has 0 bridgehead atoms. The lowest BCUT2D eigenvalue weighted by molar-refractivity contribution is 0.0601. The highest BCUT2D eigenvalue weighted by molar-refractivity contribution is 7.99. The quantitative estimate of drug-likeness (QED) is 0.439. The molecule has 2 amide bonds. The van der Waals surface area contributed by atoms with Gasteiger partial charge in [0.1, 0.15) is 0 Å². The van der Waals surface area contributed by atoms with Crippen molar-refractivity contribution in [2.24, 2.45) is 0 Å². The van der Waals surface area contributed by atoms with Crippen LogP contribution in [-0.2, 0) is 0 Å². The molecule has 3 rings (SSSR count). The summed E-state index contributed by atoms with van der Waals surface area (Å²) in [6.45, 7) is 1.23. The Morgan fingerprint density at radius 2 is 1.77 bits per heavy atom. The first-order valence-corrected chi connectivity index (χ1v) is 9.83. The lowest BCUT2D eigenvalue weighted by Crippen LogP contribution is -2.43. The Hall–Kier alpha value is -1.89. The monoisotopic (exact) mass is 372 g/mol. The minimum Gasteiger partial charge on any atom is -0.396 e. The highest BCUT2D eigenvalue weighted by Gasteiger charge is 2.32. The molecule has 0 spiro atoms. The van der Waals surface area contributed by atoms with Crippen molar-refractivity contribution in [1.82, 2.24) is 9.80 Å². The van der Waals surface area contributed by atoms with Gasteiger partial charge in [-0.15, -0.1) is 11.8 Å². The third kappa shape index (κ3) is 3.63. The predicted octanol–water partition coefficient (Wildman–Crippen LogP) is 2.86. The number of rotatable bonds is 8. The molecule has 0 aliphatic carbocycles. The maximum Gasteiger partial charge on any atom is 0.261 e. The first-order chi connectivity index (χ1) is 12.5. The fraction of sp³-hybridized carbons (Fsp3) is 0.400. The number of carbonyl (C=O) groups excluding carboxylic acids is 2. The third-order valence-electron chi connectivity index (χ3n) is 4.53. The molecule has 0 saturated heterocycles. The van der Waals surface area contributed by atoms with Gasteiger partial charge in [0.15, 0.2) is 0 Å². The van der Waals surface area contributed by atoms with E-state index in [-0.39, 0.29) is 18.4 Å². The van der Waals surface area contributed by atoms with Crippen LogP contribution in [0.15, 0.2) is 35.2 Å². The number of hydrogen-bond donors (Lipinski definition) is 1. The highest BCUT2D eigenvalue weighted by atomic mass is 32.2. The normalized spacial score (nSPS) is 13.9. The molecule has 2 aromatic carbocycles. The average molecular weight is 372 g/mol. The summed E-state index contributed by atoms with van der Waals surface area (Å²) in [4.78, 5) is 30.2. The number of carbonyl (C=O) groups is 2. The molecule has 2 aromatic rings. The van der Waals surface area contributed by atoms with Crippen molar-refractivity contribution in [2.45, 2.75) is 17.7 Å². The van der Waals surface area contributed by atoms with Crippen LogP contribution in [0.1, 0.15) is 33.6 Å². The zero-order chi connectivity index (χ0) is 18.7. The number of nitrogens with zero attached hydrogens (tertiary/aromatic N) is 2. The molecule has 138 valence electrons. The van der Waals surface area contributed by atoms with Crippen LogP contribution in [0.4, 0.5) is 0 Å². The summed E-state index contributed by atoms with van der Waals surface area (Å²) >= 11 is 1.71. The molecule has 0 atom stereocenters. The minimum atomic E-state index is -0.211. The second kappa shape index (κ2) is 8.20. The van der Waals surface area contributed by atoms with E-state index in [1.165, 1.54) is 4.90 Å². The van der Waals surface area contributed by atoms with Crippen LogP contribution in [0.2, 0.25) is 0 Å². The second-order valence-corrected chi connectivity index (χ2v) is 7.82. The van der Waals surface area contributed by atoms with Gasteiger partial charge in [-0.3, -0.25) is 14.5 Å². The van der Waals surface area contributed by atoms with Gasteiger partial charge in [-0.1, -0.05) is 12.1 Å². The number of thioether (sulfide) groups is 1. The Balaban J connectivity index is 1.96. The van der Waals surface area contributed by atoms with Crippen molar-refractivity contribution in [2.75, 3.05) is 39.5 Å².